The highest BCUT2D eigenvalue weighted by Gasteiger charge is 2.40. The molecule has 1 aromatic carbocycles. The lowest BCUT2D eigenvalue weighted by atomic mass is 9.69. The van der Waals surface area contributed by atoms with Gasteiger partial charge in [0.25, 0.3) is 0 Å². The van der Waals surface area contributed by atoms with Crippen molar-refractivity contribution in [2.45, 2.75) is 57.5 Å². The number of nitrogens with zero attached hydrogens (tertiary/aromatic N) is 1. The standard InChI is InChI=1S/C19H29NO/c1-2-16-8-10-17(11-9-16)19(21)12-14-20(15-13-19)18-6-4-3-5-7-18/h3-7,16-17,21H,2,8-15H2,1H3. The van der Waals surface area contributed by atoms with E-state index in [0.717, 1.165) is 31.8 Å². The molecule has 1 aliphatic heterocycles. The molecule has 1 aliphatic carbocycles. The number of rotatable bonds is 3. The van der Waals surface area contributed by atoms with Gasteiger partial charge in [-0.05, 0) is 49.7 Å². The van der Waals surface area contributed by atoms with Gasteiger partial charge in [0.2, 0.25) is 0 Å². The zero-order valence-electron chi connectivity index (χ0n) is 13.3. The van der Waals surface area contributed by atoms with Crippen molar-refractivity contribution in [2.24, 2.45) is 11.8 Å². The van der Waals surface area contributed by atoms with Crippen molar-refractivity contribution < 1.29 is 5.11 Å². The van der Waals surface area contributed by atoms with Crippen molar-refractivity contribution in [3.8, 4) is 0 Å². The summed E-state index contributed by atoms with van der Waals surface area (Å²) >= 11 is 0. The number of hydrogen-bond acceptors (Lipinski definition) is 2. The van der Waals surface area contributed by atoms with Gasteiger partial charge in [0, 0.05) is 18.8 Å². The van der Waals surface area contributed by atoms with Crippen molar-refractivity contribution in [1.29, 1.82) is 0 Å². The number of hydrogen-bond donors (Lipinski definition) is 1. The lowest BCUT2D eigenvalue weighted by Gasteiger charge is -2.46. The molecule has 0 bridgehead atoms. The predicted molar refractivity (Wildman–Crippen MR) is 88.6 cm³/mol. The lowest BCUT2D eigenvalue weighted by molar-refractivity contribution is -0.0563. The molecule has 1 N–H and O–H groups in total. The summed E-state index contributed by atoms with van der Waals surface area (Å²) < 4.78 is 0. The van der Waals surface area contributed by atoms with E-state index in [1.54, 1.807) is 0 Å². The Kier molecular flexibility index (Phi) is 4.54. The van der Waals surface area contributed by atoms with Gasteiger partial charge in [-0.2, -0.15) is 0 Å². The van der Waals surface area contributed by atoms with Crippen LogP contribution in [0, 0.1) is 11.8 Å². The van der Waals surface area contributed by atoms with Crippen LogP contribution in [-0.2, 0) is 0 Å². The molecule has 2 fully saturated rings. The third kappa shape index (κ3) is 3.26. The molecular weight excluding hydrogens is 258 g/mol. The van der Waals surface area contributed by atoms with E-state index in [2.05, 4.69) is 42.2 Å². The maximum absolute atomic E-state index is 11.1. The van der Waals surface area contributed by atoms with Gasteiger partial charge < -0.3 is 10.0 Å². The number of anilines is 1. The lowest BCUT2D eigenvalue weighted by Crippen LogP contribution is -2.49. The summed E-state index contributed by atoms with van der Waals surface area (Å²) in [5.41, 5.74) is 0.901. The molecule has 1 saturated heterocycles. The van der Waals surface area contributed by atoms with E-state index in [1.807, 2.05) is 0 Å². The van der Waals surface area contributed by atoms with E-state index >= 15 is 0 Å². The first-order chi connectivity index (χ1) is 10.2. The van der Waals surface area contributed by atoms with E-state index in [-0.39, 0.29) is 0 Å². The smallest absolute Gasteiger partial charge is 0.0709 e. The minimum Gasteiger partial charge on any atom is -0.389 e. The Hall–Kier alpha value is -1.02. The predicted octanol–water partition coefficient (Wildman–Crippen LogP) is 4.23. The molecular formula is C19H29NO. The summed E-state index contributed by atoms with van der Waals surface area (Å²) in [6.45, 7) is 4.29. The second-order valence-corrected chi connectivity index (χ2v) is 7.05. The molecule has 2 aliphatic rings. The van der Waals surface area contributed by atoms with E-state index in [0.29, 0.717) is 5.92 Å². The van der Waals surface area contributed by atoms with Crippen LogP contribution in [0.1, 0.15) is 51.9 Å². The van der Waals surface area contributed by atoms with Gasteiger partial charge in [0.05, 0.1) is 5.60 Å². The molecule has 2 heteroatoms. The fraction of sp³-hybridized carbons (Fsp3) is 0.684. The van der Waals surface area contributed by atoms with E-state index in [1.165, 1.54) is 37.8 Å². The minimum atomic E-state index is -0.399. The topological polar surface area (TPSA) is 23.5 Å². The average molecular weight is 287 g/mol. The van der Waals surface area contributed by atoms with Crippen LogP contribution >= 0.6 is 0 Å². The van der Waals surface area contributed by atoms with Gasteiger partial charge in [0.15, 0.2) is 0 Å². The zero-order valence-corrected chi connectivity index (χ0v) is 13.3. The second kappa shape index (κ2) is 6.39. The van der Waals surface area contributed by atoms with Gasteiger partial charge in [0.1, 0.15) is 0 Å². The Morgan fingerprint density at radius 3 is 2.24 bits per heavy atom. The molecule has 0 amide bonds. The highest BCUT2D eigenvalue weighted by Crippen LogP contribution is 2.41. The van der Waals surface area contributed by atoms with E-state index in [4.69, 9.17) is 0 Å². The maximum Gasteiger partial charge on any atom is 0.0709 e. The van der Waals surface area contributed by atoms with Gasteiger partial charge in [-0.15, -0.1) is 0 Å². The third-order valence-electron chi connectivity index (χ3n) is 5.93. The van der Waals surface area contributed by atoms with Crippen LogP contribution in [0.4, 0.5) is 5.69 Å². The molecule has 0 unspecified atom stereocenters. The third-order valence-corrected chi connectivity index (χ3v) is 5.93. The second-order valence-electron chi connectivity index (χ2n) is 7.05. The Morgan fingerprint density at radius 2 is 1.67 bits per heavy atom. The van der Waals surface area contributed by atoms with Crippen molar-refractivity contribution in [3.05, 3.63) is 30.3 Å². The Morgan fingerprint density at radius 1 is 1.05 bits per heavy atom. The maximum atomic E-state index is 11.1. The summed E-state index contributed by atoms with van der Waals surface area (Å²) in [6, 6.07) is 10.6. The Labute approximate surface area is 129 Å². The largest absolute Gasteiger partial charge is 0.389 e. The minimum absolute atomic E-state index is 0.399. The first-order valence-electron chi connectivity index (χ1n) is 8.73. The van der Waals surface area contributed by atoms with Crippen LogP contribution in [-0.4, -0.2) is 23.8 Å². The zero-order chi connectivity index (χ0) is 14.7. The molecule has 1 aromatic rings. The molecule has 1 heterocycles. The van der Waals surface area contributed by atoms with Crippen LogP contribution in [0.3, 0.4) is 0 Å². The highest BCUT2D eigenvalue weighted by atomic mass is 16.3. The highest BCUT2D eigenvalue weighted by molar-refractivity contribution is 5.46. The summed E-state index contributed by atoms with van der Waals surface area (Å²) in [6.07, 6.45) is 8.30. The molecule has 116 valence electrons. The van der Waals surface area contributed by atoms with Crippen molar-refractivity contribution in [2.75, 3.05) is 18.0 Å². The molecule has 0 aromatic heterocycles. The number of piperidine rings is 1. The summed E-state index contributed by atoms with van der Waals surface area (Å²) in [4.78, 5) is 2.42. The van der Waals surface area contributed by atoms with Crippen LogP contribution in [0.15, 0.2) is 30.3 Å². The monoisotopic (exact) mass is 287 g/mol. The SMILES string of the molecule is CCC1CCC(C2(O)CCN(c3ccccc3)CC2)CC1. The molecule has 0 spiro atoms. The summed E-state index contributed by atoms with van der Waals surface area (Å²) in [5.74, 6) is 1.45. The van der Waals surface area contributed by atoms with Gasteiger partial charge in [-0.3, -0.25) is 0 Å². The Balaban J connectivity index is 1.57. The van der Waals surface area contributed by atoms with E-state index < -0.39 is 5.60 Å². The fourth-order valence-electron chi connectivity index (χ4n) is 4.31. The quantitative estimate of drug-likeness (QED) is 0.899. The normalized spacial score (nSPS) is 29.3. The van der Waals surface area contributed by atoms with Gasteiger partial charge >= 0.3 is 0 Å². The molecule has 21 heavy (non-hydrogen) atoms. The van der Waals surface area contributed by atoms with E-state index in [9.17, 15) is 5.11 Å². The fourth-order valence-corrected chi connectivity index (χ4v) is 4.31. The molecule has 0 radical (unpaired) electrons. The van der Waals surface area contributed by atoms with Crippen molar-refractivity contribution in [1.82, 2.24) is 0 Å². The van der Waals surface area contributed by atoms with Crippen LogP contribution in [0.25, 0.3) is 0 Å². The van der Waals surface area contributed by atoms with Crippen molar-refractivity contribution >= 4 is 5.69 Å². The number of para-hydroxylation sites is 1. The van der Waals surface area contributed by atoms with Crippen LogP contribution in [0.2, 0.25) is 0 Å². The Bertz CT molecular complexity index is 428. The first-order valence-corrected chi connectivity index (χ1v) is 8.73. The van der Waals surface area contributed by atoms with Gasteiger partial charge in [-0.25, -0.2) is 0 Å². The average Bonchev–Trinajstić information content (AvgIpc) is 2.56. The van der Waals surface area contributed by atoms with Crippen molar-refractivity contribution in [3.63, 3.8) is 0 Å². The molecule has 3 rings (SSSR count). The first kappa shape index (κ1) is 14.9. The molecule has 2 nitrogen and oxygen atoms in total. The molecule has 1 saturated carbocycles. The summed E-state index contributed by atoms with van der Waals surface area (Å²) in [7, 11) is 0. The number of benzene rings is 1. The summed E-state index contributed by atoms with van der Waals surface area (Å²) in [5, 5.41) is 11.1. The van der Waals surface area contributed by atoms with Crippen LogP contribution in [0.5, 0.6) is 0 Å². The van der Waals surface area contributed by atoms with Crippen LogP contribution < -0.4 is 4.90 Å². The van der Waals surface area contributed by atoms with Gasteiger partial charge in [-0.1, -0.05) is 44.4 Å². The number of aliphatic hydroxyl groups is 1. The molecule has 0 atom stereocenters.